The topological polar surface area (TPSA) is 59.0 Å². The lowest BCUT2D eigenvalue weighted by Crippen LogP contribution is -2.19. The van der Waals surface area contributed by atoms with Gasteiger partial charge in [-0.25, -0.2) is 0 Å². The first kappa shape index (κ1) is 15.7. The lowest BCUT2D eigenvalue weighted by molar-refractivity contribution is 0.250. The summed E-state index contributed by atoms with van der Waals surface area (Å²) in [7, 11) is 0.154. The molecule has 0 aliphatic carbocycles. The number of ether oxygens (including phenoxy) is 1. The molecule has 0 N–H and O–H groups in total. The fraction of sp³-hybridized carbons (Fsp3) is 0.462. The van der Waals surface area contributed by atoms with Crippen molar-refractivity contribution in [1.29, 1.82) is 0 Å². The Kier molecular flexibility index (Phi) is 5.50. The molecule has 0 amide bonds. The molecule has 0 bridgehead atoms. The standard InChI is InChI=1S/C13H20N2O3S/c1-11-5-7-13(8-6-11)19(16,17)14-12(2)18-10-9-15(3)4/h5-8H,9-10H2,1-4H3/b14-12+. The van der Waals surface area contributed by atoms with Gasteiger partial charge in [-0.05, 0) is 33.2 Å². The van der Waals surface area contributed by atoms with Crippen molar-refractivity contribution in [1.82, 2.24) is 4.90 Å². The van der Waals surface area contributed by atoms with Gasteiger partial charge in [-0.15, -0.1) is 4.40 Å². The van der Waals surface area contributed by atoms with Crippen molar-refractivity contribution in [2.45, 2.75) is 18.7 Å². The summed E-state index contributed by atoms with van der Waals surface area (Å²) >= 11 is 0. The molecule has 19 heavy (non-hydrogen) atoms. The molecular weight excluding hydrogens is 264 g/mol. The van der Waals surface area contributed by atoms with E-state index in [0.29, 0.717) is 13.2 Å². The van der Waals surface area contributed by atoms with E-state index in [1.54, 1.807) is 31.2 Å². The first-order valence-electron chi connectivity index (χ1n) is 5.97. The van der Waals surface area contributed by atoms with Gasteiger partial charge in [-0.1, -0.05) is 17.7 Å². The van der Waals surface area contributed by atoms with Gasteiger partial charge in [0.15, 0.2) is 5.90 Å². The third kappa shape index (κ3) is 5.40. The van der Waals surface area contributed by atoms with Crippen molar-refractivity contribution in [2.24, 2.45) is 4.40 Å². The van der Waals surface area contributed by atoms with Gasteiger partial charge < -0.3 is 9.64 Å². The van der Waals surface area contributed by atoms with Gasteiger partial charge in [0.05, 0.1) is 4.90 Å². The molecule has 5 nitrogen and oxygen atoms in total. The fourth-order valence-electron chi connectivity index (χ4n) is 1.33. The van der Waals surface area contributed by atoms with Crippen LogP contribution in [0.2, 0.25) is 0 Å². The highest BCUT2D eigenvalue weighted by molar-refractivity contribution is 7.90. The molecular formula is C13H20N2O3S. The fourth-order valence-corrected chi connectivity index (χ4v) is 2.31. The van der Waals surface area contributed by atoms with Crippen LogP contribution in [0.3, 0.4) is 0 Å². The average Bonchev–Trinajstić information content (AvgIpc) is 2.28. The first-order chi connectivity index (χ1) is 8.81. The third-order valence-electron chi connectivity index (χ3n) is 2.42. The molecule has 1 rings (SSSR count). The largest absolute Gasteiger partial charge is 0.479 e. The van der Waals surface area contributed by atoms with E-state index >= 15 is 0 Å². The van der Waals surface area contributed by atoms with Gasteiger partial charge in [0.2, 0.25) is 0 Å². The molecule has 0 saturated carbocycles. The highest BCUT2D eigenvalue weighted by Gasteiger charge is 2.13. The molecule has 0 aliphatic rings. The van der Waals surface area contributed by atoms with Gasteiger partial charge in [0.25, 0.3) is 10.0 Å². The van der Waals surface area contributed by atoms with Crippen molar-refractivity contribution in [2.75, 3.05) is 27.2 Å². The summed E-state index contributed by atoms with van der Waals surface area (Å²) < 4.78 is 32.9. The third-order valence-corrected chi connectivity index (χ3v) is 3.78. The van der Waals surface area contributed by atoms with Gasteiger partial charge >= 0.3 is 0 Å². The zero-order valence-electron chi connectivity index (χ0n) is 11.8. The van der Waals surface area contributed by atoms with Crippen LogP contribution in [0.4, 0.5) is 0 Å². The smallest absolute Gasteiger partial charge is 0.285 e. The summed E-state index contributed by atoms with van der Waals surface area (Å²) in [5.74, 6) is 0.155. The number of likely N-dealkylation sites (N-methyl/N-ethyl adjacent to an activating group) is 1. The van der Waals surface area contributed by atoms with E-state index < -0.39 is 10.0 Å². The quantitative estimate of drug-likeness (QED) is 0.610. The van der Waals surface area contributed by atoms with Gasteiger partial charge in [0, 0.05) is 13.5 Å². The number of hydrogen-bond acceptors (Lipinski definition) is 4. The Morgan fingerprint density at radius 3 is 2.37 bits per heavy atom. The Labute approximate surface area is 115 Å². The second-order valence-corrected chi connectivity index (χ2v) is 6.15. The molecule has 0 saturated heterocycles. The summed E-state index contributed by atoms with van der Waals surface area (Å²) in [5, 5.41) is 0. The molecule has 0 aromatic heterocycles. The summed E-state index contributed by atoms with van der Waals surface area (Å²) in [6.45, 7) is 4.56. The van der Waals surface area contributed by atoms with Crippen molar-refractivity contribution in [3.05, 3.63) is 29.8 Å². The molecule has 0 aliphatic heterocycles. The molecule has 0 radical (unpaired) electrons. The SMILES string of the molecule is C/C(=N\S(=O)(=O)c1ccc(C)cc1)OCCN(C)C. The molecule has 0 fully saturated rings. The maximum absolute atomic E-state index is 12.0. The van der Waals surface area contributed by atoms with Gasteiger partial charge in [-0.2, -0.15) is 8.42 Å². The zero-order chi connectivity index (χ0) is 14.5. The lowest BCUT2D eigenvalue weighted by atomic mass is 10.2. The van der Waals surface area contributed by atoms with E-state index in [1.807, 2.05) is 25.9 Å². The Balaban J connectivity index is 2.75. The van der Waals surface area contributed by atoms with Crippen LogP contribution in [0.25, 0.3) is 0 Å². The number of hydrogen-bond donors (Lipinski definition) is 0. The predicted molar refractivity (Wildman–Crippen MR) is 76.0 cm³/mol. The molecule has 0 unspecified atom stereocenters. The Morgan fingerprint density at radius 1 is 1.26 bits per heavy atom. The normalized spacial score (nSPS) is 12.8. The second kappa shape index (κ2) is 6.68. The molecule has 0 atom stereocenters. The van der Waals surface area contributed by atoms with Gasteiger partial charge in [0.1, 0.15) is 6.61 Å². The maximum atomic E-state index is 12.0. The van der Waals surface area contributed by atoms with E-state index in [2.05, 4.69) is 4.40 Å². The van der Waals surface area contributed by atoms with Crippen LogP contribution in [0.15, 0.2) is 33.6 Å². The van der Waals surface area contributed by atoms with Crippen LogP contribution in [0, 0.1) is 6.92 Å². The lowest BCUT2D eigenvalue weighted by Gasteiger charge is -2.10. The van der Waals surface area contributed by atoms with Crippen LogP contribution in [-0.4, -0.2) is 46.5 Å². The molecule has 0 spiro atoms. The highest BCUT2D eigenvalue weighted by Crippen LogP contribution is 2.13. The summed E-state index contributed by atoms with van der Waals surface area (Å²) in [4.78, 5) is 2.12. The Morgan fingerprint density at radius 2 is 1.84 bits per heavy atom. The number of rotatable bonds is 5. The maximum Gasteiger partial charge on any atom is 0.285 e. The number of aryl methyl sites for hydroxylation is 1. The average molecular weight is 284 g/mol. The molecule has 106 valence electrons. The minimum Gasteiger partial charge on any atom is -0.479 e. The van der Waals surface area contributed by atoms with Crippen LogP contribution in [0.1, 0.15) is 12.5 Å². The van der Waals surface area contributed by atoms with Crippen molar-refractivity contribution < 1.29 is 13.2 Å². The van der Waals surface area contributed by atoms with E-state index in [4.69, 9.17) is 4.74 Å². The summed E-state index contributed by atoms with van der Waals surface area (Å²) in [5.41, 5.74) is 1.00. The molecule has 1 aromatic rings. The van der Waals surface area contributed by atoms with Crippen molar-refractivity contribution in [3.8, 4) is 0 Å². The minimum atomic E-state index is -3.68. The van der Waals surface area contributed by atoms with Gasteiger partial charge in [-0.3, -0.25) is 0 Å². The van der Waals surface area contributed by atoms with Crippen molar-refractivity contribution in [3.63, 3.8) is 0 Å². The Hall–Kier alpha value is -1.40. The van der Waals surface area contributed by atoms with E-state index in [0.717, 1.165) is 5.56 Å². The monoisotopic (exact) mass is 284 g/mol. The minimum absolute atomic E-state index is 0.155. The van der Waals surface area contributed by atoms with Crippen LogP contribution < -0.4 is 0 Å². The summed E-state index contributed by atoms with van der Waals surface area (Å²) in [6, 6.07) is 6.57. The molecule has 6 heteroatoms. The summed E-state index contributed by atoms with van der Waals surface area (Å²) in [6.07, 6.45) is 0. The van der Waals surface area contributed by atoms with Crippen LogP contribution in [0.5, 0.6) is 0 Å². The molecule has 1 aromatic carbocycles. The number of nitrogens with zero attached hydrogens (tertiary/aromatic N) is 2. The van der Waals surface area contributed by atoms with E-state index in [-0.39, 0.29) is 10.8 Å². The zero-order valence-corrected chi connectivity index (χ0v) is 12.6. The van der Waals surface area contributed by atoms with Crippen LogP contribution in [-0.2, 0) is 14.8 Å². The predicted octanol–water partition coefficient (Wildman–Crippen LogP) is 1.68. The second-order valence-electron chi connectivity index (χ2n) is 4.55. The van der Waals surface area contributed by atoms with Crippen molar-refractivity contribution >= 4 is 15.9 Å². The molecule has 0 heterocycles. The van der Waals surface area contributed by atoms with E-state index in [9.17, 15) is 8.42 Å². The first-order valence-corrected chi connectivity index (χ1v) is 7.41. The number of sulfonamides is 1. The number of benzene rings is 1. The van der Waals surface area contributed by atoms with E-state index in [1.165, 1.54) is 0 Å². The Bertz CT molecular complexity index is 534. The van der Waals surface area contributed by atoms with Crippen LogP contribution >= 0.6 is 0 Å². The highest BCUT2D eigenvalue weighted by atomic mass is 32.2.